The largest absolute Gasteiger partial charge is 0.409 e. The molecular formula is C18H14F6. The van der Waals surface area contributed by atoms with Crippen LogP contribution in [-0.2, 0) is 12.8 Å². The molecule has 0 nitrogen and oxygen atoms in total. The van der Waals surface area contributed by atoms with Crippen LogP contribution in [0.3, 0.4) is 0 Å². The molecule has 0 spiro atoms. The summed E-state index contributed by atoms with van der Waals surface area (Å²) >= 11 is 0. The Morgan fingerprint density at radius 2 is 1.50 bits per heavy atom. The van der Waals surface area contributed by atoms with E-state index >= 15 is 0 Å². The molecule has 24 heavy (non-hydrogen) atoms. The molecular weight excluding hydrogens is 330 g/mol. The lowest BCUT2D eigenvalue weighted by Gasteiger charge is -2.07. The smallest absolute Gasteiger partial charge is 0.207 e. The number of hydrogen-bond donors (Lipinski definition) is 0. The highest BCUT2D eigenvalue weighted by atomic mass is 19.4. The van der Waals surface area contributed by atoms with Gasteiger partial charge in [0, 0.05) is 11.6 Å². The molecule has 2 aromatic carbocycles. The van der Waals surface area contributed by atoms with Crippen LogP contribution in [-0.4, -0.2) is 6.18 Å². The van der Waals surface area contributed by atoms with Gasteiger partial charge in [-0.3, -0.25) is 0 Å². The first-order valence-electron chi connectivity index (χ1n) is 7.14. The summed E-state index contributed by atoms with van der Waals surface area (Å²) in [6, 6.07) is 6.61. The highest BCUT2D eigenvalue weighted by molar-refractivity contribution is 5.52. The van der Waals surface area contributed by atoms with Crippen molar-refractivity contribution in [3.63, 3.8) is 0 Å². The van der Waals surface area contributed by atoms with Crippen LogP contribution in [0.4, 0.5) is 26.3 Å². The zero-order valence-corrected chi connectivity index (χ0v) is 12.7. The third-order valence-electron chi connectivity index (χ3n) is 3.47. The minimum atomic E-state index is -4.65. The van der Waals surface area contributed by atoms with Crippen molar-refractivity contribution < 1.29 is 26.3 Å². The SMILES string of the molecule is Cc1ccc(CCc2cc(F)c(/C=C/C(F)(F)F)c(F)c2)c(F)c1. The van der Waals surface area contributed by atoms with E-state index in [1.807, 2.05) is 0 Å². The van der Waals surface area contributed by atoms with E-state index in [9.17, 15) is 26.3 Å². The Hall–Kier alpha value is -2.24. The molecule has 0 heterocycles. The van der Waals surface area contributed by atoms with E-state index in [-0.39, 0.29) is 24.5 Å². The number of allylic oxidation sites excluding steroid dienone is 1. The predicted molar refractivity (Wildman–Crippen MR) is 80.0 cm³/mol. The Kier molecular flexibility index (Phi) is 5.36. The van der Waals surface area contributed by atoms with Crippen molar-refractivity contribution in [1.82, 2.24) is 0 Å². The van der Waals surface area contributed by atoms with Crippen LogP contribution < -0.4 is 0 Å². The van der Waals surface area contributed by atoms with Crippen molar-refractivity contribution in [3.8, 4) is 0 Å². The van der Waals surface area contributed by atoms with E-state index in [2.05, 4.69) is 0 Å². The standard InChI is InChI=1S/C18H14F6/c1-11-2-4-13(15(19)8-11)5-3-12-9-16(20)14(17(21)10-12)6-7-18(22,23)24/h2,4,6-10H,3,5H2,1H3/b7-6+. The summed E-state index contributed by atoms with van der Waals surface area (Å²) in [5.41, 5.74) is 0.656. The summed E-state index contributed by atoms with van der Waals surface area (Å²) in [6.07, 6.45) is -4.13. The number of alkyl halides is 3. The molecule has 2 rings (SSSR count). The van der Waals surface area contributed by atoms with Crippen molar-refractivity contribution in [2.24, 2.45) is 0 Å². The van der Waals surface area contributed by atoms with Gasteiger partial charge in [-0.1, -0.05) is 12.1 Å². The second-order valence-corrected chi connectivity index (χ2v) is 5.44. The maximum Gasteiger partial charge on any atom is 0.409 e. The van der Waals surface area contributed by atoms with Gasteiger partial charge in [0.15, 0.2) is 0 Å². The molecule has 0 saturated heterocycles. The molecule has 0 fully saturated rings. The lowest BCUT2D eigenvalue weighted by molar-refractivity contribution is -0.0790. The van der Waals surface area contributed by atoms with E-state index < -0.39 is 29.2 Å². The average molecular weight is 344 g/mol. The first kappa shape index (κ1) is 18.1. The molecule has 0 bridgehead atoms. The van der Waals surface area contributed by atoms with E-state index in [0.717, 1.165) is 17.7 Å². The van der Waals surface area contributed by atoms with E-state index in [4.69, 9.17) is 0 Å². The van der Waals surface area contributed by atoms with Crippen LogP contribution in [0.1, 0.15) is 22.3 Å². The fourth-order valence-electron chi connectivity index (χ4n) is 2.25. The van der Waals surface area contributed by atoms with E-state index in [1.54, 1.807) is 19.1 Å². The minimum Gasteiger partial charge on any atom is -0.207 e. The Morgan fingerprint density at radius 1 is 0.875 bits per heavy atom. The van der Waals surface area contributed by atoms with Crippen molar-refractivity contribution in [2.45, 2.75) is 25.9 Å². The predicted octanol–water partition coefficient (Wildman–Crippen LogP) is 5.77. The van der Waals surface area contributed by atoms with Gasteiger partial charge in [-0.15, -0.1) is 0 Å². The normalized spacial score (nSPS) is 12.1. The molecule has 6 heteroatoms. The summed E-state index contributed by atoms with van der Waals surface area (Å²) in [7, 11) is 0. The van der Waals surface area contributed by atoms with Gasteiger partial charge in [0.2, 0.25) is 0 Å². The van der Waals surface area contributed by atoms with Crippen LogP contribution in [0.5, 0.6) is 0 Å². The Morgan fingerprint density at radius 3 is 2.04 bits per heavy atom. The molecule has 0 aromatic heterocycles. The minimum absolute atomic E-state index is 0.164. The Labute approximate surface area is 135 Å². The number of hydrogen-bond acceptors (Lipinski definition) is 0. The number of aryl methyl sites for hydroxylation is 3. The van der Waals surface area contributed by atoms with Crippen molar-refractivity contribution in [3.05, 3.63) is 76.1 Å². The molecule has 0 unspecified atom stereocenters. The van der Waals surface area contributed by atoms with Gasteiger partial charge in [0.05, 0.1) is 0 Å². The van der Waals surface area contributed by atoms with Gasteiger partial charge in [0.1, 0.15) is 17.5 Å². The van der Waals surface area contributed by atoms with E-state index in [0.29, 0.717) is 11.6 Å². The summed E-state index contributed by atoms with van der Waals surface area (Å²) < 4.78 is 77.6. The second-order valence-electron chi connectivity index (χ2n) is 5.44. The number of rotatable bonds is 4. The van der Waals surface area contributed by atoms with E-state index in [1.165, 1.54) is 6.07 Å². The summed E-state index contributed by atoms with van der Waals surface area (Å²) in [4.78, 5) is 0. The monoisotopic (exact) mass is 344 g/mol. The molecule has 0 N–H and O–H groups in total. The van der Waals surface area contributed by atoms with Crippen LogP contribution in [0.2, 0.25) is 0 Å². The summed E-state index contributed by atoms with van der Waals surface area (Å²) in [6.45, 7) is 1.74. The molecule has 0 amide bonds. The maximum absolute atomic E-state index is 13.8. The summed E-state index contributed by atoms with van der Waals surface area (Å²) in [5, 5.41) is 0. The second kappa shape index (κ2) is 7.11. The number of halogens is 6. The first-order chi connectivity index (χ1) is 11.2. The summed E-state index contributed by atoms with van der Waals surface area (Å²) in [5.74, 6) is -2.58. The zero-order chi connectivity index (χ0) is 17.9. The van der Waals surface area contributed by atoms with Gasteiger partial charge < -0.3 is 0 Å². The zero-order valence-electron chi connectivity index (χ0n) is 12.7. The first-order valence-corrected chi connectivity index (χ1v) is 7.14. The third-order valence-corrected chi connectivity index (χ3v) is 3.47. The Bertz CT molecular complexity index is 736. The molecule has 0 aliphatic carbocycles. The fraction of sp³-hybridized carbons (Fsp3) is 0.222. The van der Waals surface area contributed by atoms with Gasteiger partial charge in [-0.05, 0) is 60.7 Å². The fourth-order valence-corrected chi connectivity index (χ4v) is 2.25. The van der Waals surface area contributed by atoms with Crippen molar-refractivity contribution >= 4 is 6.08 Å². The van der Waals surface area contributed by atoms with Crippen LogP contribution in [0, 0.1) is 24.4 Å². The van der Waals surface area contributed by atoms with Crippen molar-refractivity contribution in [1.29, 1.82) is 0 Å². The lowest BCUT2D eigenvalue weighted by atomic mass is 10.0. The van der Waals surface area contributed by atoms with Gasteiger partial charge in [0.25, 0.3) is 0 Å². The van der Waals surface area contributed by atoms with Crippen LogP contribution in [0.15, 0.2) is 36.4 Å². The lowest BCUT2D eigenvalue weighted by Crippen LogP contribution is -2.02. The molecule has 0 aliphatic rings. The van der Waals surface area contributed by atoms with Crippen LogP contribution >= 0.6 is 0 Å². The highest BCUT2D eigenvalue weighted by Gasteiger charge is 2.22. The quantitative estimate of drug-likeness (QED) is 0.618. The molecule has 0 saturated carbocycles. The van der Waals surface area contributed by atoms with Gasteiger partial charge in [-0.25, -0.2) is 13.2 Å². The van der Waals surface area contributed by atoms with Gasteiger partial charge >= 0.3 is 6.18 Å². The maximum atomic E-state index is 13.8. The molecule has 0 atom stereocenters. The van der Waals surface area contributed by atoms with Crippen LogP contribution in [0.25, 0.3) is 6.08 Å². The third kappa shape index (κ3) is 4.88. The van der Waals surface area contributed by atoms with Gasteiger partial charge in [-0.2, -0.15) is 13.2 Å². The Balaban J connectivity index is 2.16. The molecule has 0 radical (unpaired) electrons. The molecule has 2 aromatic rings. The average Bonchev–Trinajstić information content (AvgIpc) is 2.44. The van der Waals surface area contributed by atoms with Crippen molar-refractivity contribution in [2.75, 3.05) is 0 Å². The number of benzene rings is 2. The molecule has 0 aliphatic heterocycles. The highest BCUT2D eigenvalue weighted by Crippen LogP contribution is 2.23. The molecule has 128 valence electrons. The topological polar surface area (TPSA) is 0 Å².